The average Bonchev–Trinajstić information content (AvgIpc) is 3.32. The number of carbonyl (C=O) groups is 1. The van der Waals surface area contributed by atoms with Crippen molar-refractivity contribution in [2.24, 2.45) is 10.9 Å². The molecule has 0 saturated carbocycles. The fraction of sp³-hybridized carbons (Fsp3) is 0.619. The molecule has 1 aromatic rings. The van der Waals surface area contributed by atoms with Crippen molar-refractivity contribution in [2.75, 3.05) is 39.9 Å². The smallest absolute Gasteiger partial charge is 0.222 e. The van der Waals surface area contributed by atoms with Gasteiger partial charge >= 0.3 is 0 Å². The van der Waals surface area contributed by atoms with Gasteiger partial charge in [-0.2, -0.15) is 0 Å². The van der Waals surface area contributed by atoms with Crippen LogP contribution in [0, 0.1) is 5.92 Å². The monoisotopic (exact) mass is 372 g/mol. The van der Waals surface area contributed by atoms with Crippen LogP contribution in [0.25, 0.3) is 0 Å². The summed E-state index contributed by atoms with van der Waals surface area (Å²) in [5.41, 5.74) is 2.38. The quantitative estimate of drug-likeness (QED) is 0.589. The van der Waals surface area contributed by atoms with Crippen LogP contribution < -0.4 is 5.32 Å². The molecule has 6 heteroatoms. The van der Waals surface area contributed by atoms with E-state index in [0.29, 0.717) is 25.4 Å². The molecule has 0 spiro atoms. The maximum atomic E-state index is 12.0. The second-order valence-electron chi connectivity index (χ2n) is 7.47. The standard InChI is InChI=1S/C21H32N4O2/c1-3-22-21(24(2)14-17-10-12-27-16-17)23-13-18-7-4-5-8-19(18)15-25-11-6-9-20(25)26/h4-5,7-8,17H,3,6,9-16H2,1-2H3,(H,22,23). The van der Waals surface area contributed by atoms with Gasteiger partial charge in [0.1, 0.15) is 0 Å². The van der Waals surface area contributed by atoms with Crippen LogP contribution in [-0.2, 0) is 22.6 Å². The first kappa shape index (κ1) is 19.7. The molecule has 1 aromatic carbocycles. The third kappa shape index (κ3) is 5.45. The van der Waals surface area contributed by atoms with Crippen molar-refractivity contribution in [1.82, 2.24) is 15.1 Å². The van der Waals surface area contributed by atoms with Gasteiger partial charge in [-0.3, -0.25) is 4.79 Å². The summed E-state index contributed by atoms with van der Waals surface area (Å²) in [7, 11) is 2.09. The largest absolute Gasteiger partial charge is 0.381 e. The van der Waals surface area contributed by atoms with Gasteiger partial charge < -0.3 is 19.9 Å². The Morgan fingerprint density at radius 3 is 2.85 bits per heavy atom. The highest BCUT2D eigenvalue weighted by Gasteiger charge is 2.21. The zero-order valence-corrected chi connectivity index (χ0v) is 16.6. The number of carbonyl (C=O) groups excluding carboxylic acids is 1. The molecule has 1 atom stereocenters. The molecule has 0 aliphatic carbocycles. The minimum atomic E-state index is 0.264. The van der Waals surface area contributed by atoms with Crippen LogP contribution in [0.4, 0.5) is 0 Å². The molecule has 148 valence electrons. The summed E-state index contributed by atoms with van der Waals surface area (Å²) in [6.45, 7) is 7.78. The van der Waals surface area contributed by atoms with Crippen molar-refractivity contribution in [3.05, 3.63) is 35.4 Å². The first-order valence-electron chi connectivity index (χ1n) is 10.1. The van der Waals surface area contributed by atoms with Crippen molar-refractivity contribution in [1.29, 1.82) is 0 Å². The van der Waals surface area contributed by atoms with E-state index in [1.807, 2.05) is 17.0 Å². The van der Waals surface area contributed by atoms with Crippen LogP contribution in [0.1, 0.15) is 37.3 Å². The van der Waals surface area contributed by atoms with E-state index in [2.05, 4.69) is 36.3 Å². The molecule has 2 saturated heterocycles. The number of nitrogens with one attached hydrogen (secondary N) is 1. The van der Waals surface area contributed by atoms with E-state index < -0.39 is 0 Å². The zero-order chi connectivity index (χ0) is 19.1. The van der Waals surface area contributed by atoms with Crippen LogP contribution in [0.5, 0.6) is 0 Å². The number of rotatable bonds is 7. The predicted molar refractivity (Wildman–Crippen MR) is 107 cm³/mol. The fourth-order valence-corrected chi connectivity index (χ4v) is 3.77. The molecule has 2 aliphatic rings. The Labute approximate surface area is 162 Å². The number of guanidine groups is 1. The van der Waals surface area contributed by atoms with Gasteiger partial charge in [-0.05, 0) is 30.9 Å². The highest BCUT2D eigenvalue weighted by Crippen LogP contribution is 2.18. The molecule has 6 nitrogen and oxygen atoms in total. The molecule has 2 fully saturated rings. The summed E-state index contributed by atoms with van der Waals surface area (Å²) in [5, 5.41) is 3.40. The topological polar surface area (TPSA) is 57.2 Å². The Balaban J connectivity index is 1.67. The van der Waals surface area contributed by atoms with E-state index in [-0.39, 0.29) is 5.91 Å². The van der Waals surface area contributed by atoms with Gasteiger partial charge in [0.2, 0.25) is 5.91 Å². The lowest BCUT2D eigenvalue weighted by Crippen LogP contribution is -2.41. The molecule has 1 N–H and O–H groups in total. The molecule has 0 bridgehead atoms. The number of aliphatic imine (C=N–C) groups is 1. The molecule has 2 heterocycles. The fourth-order valence-electron chi connectivity index (χ4n) is 3.77. The second kappa shape index (κ2) is 9.74. The maximum Gasteiger partial charge on any atom is 0.222 e. The van der Waals surface area contributed by atoms with Gasteiger partial charge in [0.25, 0.3) is 0 Å². The zero-order valence-electron chi connectivity index (χ0n) is 16.6. The Hall–Kier alpha value is -2.08. The Bertz CT molecular complexity index is 655. The van der Waals surface area contributed by atoms with Gasteiger partial charge in [0.15, 0.2) is 5.96 Å². The van der Waals surface area contributed by atoms with Gasteiger partial charge in [0, 0.05) is 52.2 Å². The van der Waals surface area contributed by atoms with Crippen LogP contribution in [0.15, 0.2) is 29.3 Å². The van der Waals surface area contributed by atoms with Crippen LogP contribution in [-0.4, -0.2) is 61.6 Å². The molecule has 0 aromatic heterocycles. The Morgan fingerprint density at radius 2 is 2.19 bits per heavy atom. The molecule has 27 heavy (non-hydrogen) atoms. The summed E-state index contributed by atoms with van der Waals surface area (Å²) in [4.78, 5) is 21.0. The lowest BCUT2D eigenvalue weighted by Gasteiger charge is -2.24. The number of hydrogen-bond donors (Lipinski definition) is 1. The number of nitrogens with zero attached hydrogens (tertiary/aromatic N) is 3. The number of likely N-dealkylation sites (tertiary alicyclic amines) is 1. The minimum Gasteiger partial charge on any atom is -0.381 e. The first-order chi connectivity index (χ1) is 13.2. The van der Waals surface area contributed by atoms with Crippen molar-refractivity contribution in [3.8, 4) is 0 Å². The number of amides is 1. The summed E-state index contributed by atoms with van der Waals surface area (Å²) >= 11 is 0. The third-order valence-corrected chi connectivity index (χ3v) is 5.30. The van der Waals surface area contributed by atoms with E-state index >= 15 is 0 Å². The molecule has 2 aliphatic heterocycles. The first-order valence-corrected chi connectivity index (χ1v) is 10.1. The van der Waals surface area contributed by atoms with Crippen molar-refractivity contribution in [2.45, 2.75) is 39.3 Å². The van der Waals surface area contributed by atoms with Gasteiger partial charge in [0.05, 0.1) is 13.2 Å². The molecule has 1 unspecified atom stereocenters. The molecule has 1 amide bonds. The van der Waals surface area contributed by atoms with E-state index in [9.17, 15) is 4.79 Å². The highest BCUT2D eigenvalue weighted by molar-refractivity contribution is 5.80. The summed E-state index contributed by atoms with van der Waals surface area (Å²) in [5.74, 6) is 1.77. The maximum absolute atomic E-state index is 12.0. The van der Waals surface area contributed by atoms with Crippen molar-refractivity contribution >= 4 is 11.9 Å². The van der Waals surface area contributed by atoms with E-state index in [1.165, 1.54) is 11.1 Å². The minimum absolute atomic E-state index is 0.264. The highest BCUT2D eigenvalue weighted by atomic mass is 16.5. The lowest BCUT2D eigenvalue weighted by atomic mass is 10.1. The lowest BCUT2D eigenvalue weighted by molar-refractivity contribution is -0.128. The second-order valence-corrected chi connectivity index (χ2v) is 7.47. The van der Waals surface area contributed by atoms with E-state index in [1.54, 1.807) is 0 Å². The van der Waals surface area contributed by atoms with Gasteiger partial charge in [-0.1, -0.05) is 24.3 Å². The Kier molecular flexibility index (Phi) is 7.10. The summed E-state index contributed by atoms with van der Waals surface area (Å²) in [6.07, 6.45) is 2.77. The van der Waals surface area contributed by atoms with Crippen LogP contribution in [0.2, 0.25) is 0 Å². The Morgan fingerprint density at radius 1 is 1.37 bits per heavy atom. The molecular weight excluding hydrogens is 340 g/mol. The average molecular weight is 373 g/mol. The van der Waals surface area contributed by atoms with E-state index in [4.69, 9.17) is 9.73 Å². The van der Waals surface area contributed by atoms with Crippen LogP contribution >= 0.6 is 0 Å². The van der Waals surface area contributed by atoms with Gasteiger partial charge in [-0.25, -0.2) is 4.99 Å². The van der Waals surface area contributed by atoms with Gasteiger partial charge in [-0.15, -0.1) is 0 Å². The number of hydrogen-bond acceptors (Lipinski definition) is 3. The molecule has 3 rings (SSSR count). The normalized spacial score (nSPS) is 20.4. The molecular formula is C21H32N4O2. The number of benzene rings is 1. The van der Waals surface area contributed by atoms with Crippen LogP contribution in [0.3, 0.4) is 0 Å². The SMILES string of the molecule is CCNC(=NCc1ccccc1CN1CCCC1=O)N(C)CC1CCOC1. The number of ether oxygens (including phenoxy) is 1. The predicted octanol–water partition coefficient (Wildman–Crippen LogP) is 2.24. The third-order valence-electron chi connectivity index (χ3n) is 5.30. The van der Waals surface area contributed by atoms with Crippen molar-refractivity contribution < 1.29 is 9.53 Å². The van der Waals surface area contributed by atoms with Crippen molar-refractivity contribution in [3.63, 3.8) is 0 Å². The summed E-state index contributed by atoms with van der Waals surface area (Å²) < 4.78 is 5.50. The molecule has 0 radical (unpaired) electrons. The van der Waals surface area contributed by atoms with E-state index in [0.717, 1.165) is 51.6 Å². The summed E-state index contributed by atoms with van der Waals surface area (Å²) in [6, 6.07) is 8.32.